The monoisotopic (exact) mass is 218 g/mol. The van der Waals surface area contributed by atoms with Crippen molar-refractivity contribution in [2.45, 2.75) is 40.5 Å². The van der Waals surface area contributed by atoms with Crippen LogP contribution in [0.2, 0.25) is 0 Å². The molecule has 1 aliphatic rings. The number of Topliss-reactive ketones (excluding diaryl/α,β-unsaturated/α-hetero) is 1. The Morgan fingerprint density at radius 1 is 1.44 bits per heavy atom. The maximum absolute atomic E-state index is 12.4. The van der Waals surface area contributed by atoms with E-state index < -0.39 is 0 Å². The van der Waals surface area contributed by atoms with Crippen molar-refractivity contribution in [1.29, 1.82) is 0 Å². The molecule has 1 nitrogen and oxygen atoms in total. The highest BCUT2D eigenvalue weighted by Crippen LogP contribution is 2.45. The lowest BCUT2D eigenvalue weighted by Crippen LogP contribution is -2.38. The summed E-state index contributed by atoms with van der Waals surface area (Å²) in [4.78, 5) is 12.4. The van der Waals surface area contributed by atoms with E-state index in [1.54, 1.807) is 0 Å². The van der Waals surface area contributed by atoms with Crippen LogP contribution in [0, 0.1) is 11.3 Å². The van der Waals surface area contributed by atoms with Gasteiger partial charge in [0.1, 0.15) is 0 Å². The van der Waals surface area contributed by atoms with Crippen molar-refractivity contribution in [3.05, 3.63) is 36.0 Å². The van der Waals surface area contributed by atoms with Crippen molar-refractivity contribution in [1.82, 2.24) is 0 Å². The second-order valence-electron chi connectivity index (χ2n) is 5.33. The molecule has 0 unspecified atom stereocenters. The van der Waals surface area contributed by atoms with Gasteiger partial charge in [-0.25, -0.2) is 0 Å². The Labute approximate surface area is 98.9 Å². The van der Waals surface area contributed by atoms with Gasteiger partial charge in [0.05, 0.1) is 5.92 Å². The topological polar surface area (TPSA) is 17.1 Å². The highest BCUT2D eigenvalue weighted by atomic mass is 16.1. The fraction of sp³-hybridized carbons (Fsp3) is 0.533. The van der Waals surface area contributed by atoms with Crippen LogP contribution in [0.1, 0.15) is 40.5 Å². The van der Waals surface area contributed by atoms with Crippen molar-refractivity contribution in [3.8, 4) is 0 Å². The molecular weight excluding hydrogens is 196 g/mol. The van der Waals surface area contributed by atoms with Gasteiger partial charge in [-0.05, 0) is 44.6 Å². The molecule has 0 saturated heterocycles. The predicted octanol–water partition coefficient (Wildman–Crippen LogP) is 4.07. The van der Waals surface area contributed by atoms with Gasteiger partial charge in [0.2, 0.25) is 0 Å². The minimum absolute atomic E-state index is 0.0938. The molecule has 1 fully saturated rings. The SMILES string of the molecule is C=C[C@]1(C)CCC(=C(C)C)C(=O)[C@@H]1C(=C)C. The second kappa shape index (κ2) is 4.40. The third kappa shape index (κ3) is 2.04. The number of carbonyl (C=O) groups excluding carboxylic acids is 1. The van der Waals surface area contributed by atoms with Crippen molar-refractivity contribution in [3.63, 3.8) is 0 Å². The second-order valence-corrected chi connectivity index (χ2v) is 5.33. The molecule has 0 aromatic carbocycles. The molecule has 0 aliphatic heterocycles. The molecule has 0 radical (unpaired) electrons. The van der Waals surface area contributed by atoms with Gasteiger partial charge in [-0.1, -0.05) is 30.7 Å². The summed E-state index contributed by atoms with van der Waals surface area (Å²) in [6.45, 7) is 15.9. The van der Waals surface area contributed by atoms with Crippen LogP contribution in [0.25, 0.3) is 0 Å². The molecule has 16 heavy (non-hydrogen) atoms. The Morgan fingerprint density at radius 2 is 2.00 bits per heavy atom. The van der Waals surface area contributed by atoms with Gasteiger partial charge < -0.3 is 0 Å². The zero-order chi connectivity index (χ0) is 12.5. The molecule has 0 heterocycles. The summed E-state index contributed by atoms with van der Waals surface area (Å²) < 4.78 is 0. The van der Waals surface area contributed by atoms with Crippen LogP contribution in [-0.2, 0) is 4.79 Å². The maximum Gasteiger partial charge on any atom is 0.166 e. The van der Waals surface area contributed by atoms with E-state index in [9.17, 15) is 4.79 Å². The van der Waals surface area contributed by atoms with Gasteiger partial charge in [-0.3, -0.25) is 4.79 Å². The van der Waals surface area contributed by atoms with Crippen molar-refractivity contribution in [2.75, 3.05) is 0 Å². The molecule has 1 rings (SSSR count). The van der Waals surface area contributed by atoms with E-state index in [0.717, 1.165) is 29.6 Å². The maximum atomic E-state index is 12.4. The Balaban J connectivity index is 3.22. The molecule has 0 bridgehead atoms. The summed E-state index contributed by atoms with van der Waals surface area (Å²) in [5.41, 5.74) is 2.96. The molecule has 2 atom stereocenters. The van der Waals surface area contributed by atoms with Crippen LogP contribution < -0.4 is 0 Å². The molecule has 0 amide bonds. The number of hydrogen-bond acceptors (Lipinski definition) is 1. The number of ketones is 1. The number of carbonyl (C=O) groups is 1. The summed E-state index contributed by atoms with van der Waals surface area (Å²) in [7, 11) is 0. The van der Waals surface area contributed by atoms with E-state index in [4.69, 9.17) is 0 Å². The van der Waals surface area contributed by atoms with Crippen LogP contribution in [0.5, 0.6) is 0 Å². The van der Waals surface area contributed by atoms with Crippen molar-refractivity contribution < 1.29 is 4.79 Å². The van der Waals surface area contributed by atoms with Gasteiger partial charge in [0.25, 0.3) is 0 Å². The van der Waals surface area contributed by atoms with E-state index in [2.05, 4.69) is 20.1 Å². The van der Waals surface area contributed by atoms with Gasteiger partial charge in [-0.15, -0.1) is 6.58 Å². The van der Waals surface area contributed by atoms with E-state index in [1.165, 1.54) is 0 Å². The highest BCUT2D eigenvalue weighted by molar-refractivity contribution is 6.00. The molecule has 0 N–H and O–H groups in total. The van der Waals surface area contributed by atoms with Gasteiger partial charge >= 0.3 is 0 Å². The lowest BCUT2D eigenvalue weighted by molar-refractivity contribution is -0.122. The normalized spacial score (nSPS) is 30.1. The average Bonchev–Trinajstić information content (AvgIpc) is 2.16. The molecular formula is C15H22O. The smallest absolute Gasteiger partial charge is 0.166 e. The molecule has 0 spiro atoms. The molecule has 1 saturated carbocycles. The zero-order valence-corrected chi connectivity index (χ0v) is 10.9. The first kappa shape index (κ1) is 13.0. The lowest BCUT2D eigenvalue weighted by Gasteiger charge is -2.40. The first-order chi connectivity index (χ1) is 7.33. The summed E-state index contributed by atoms with van der Waals surface area (Å²) in [5.74, 6) is 0.157. The van der Waals surface area contributed by atoms with Gasteiger partial charge in [0.15, 0.2) is 5.78 Å². The third-order valence-electron chi connectivity index (χ3n) is 3.70. The van der Waals surface area contributed by atoms with Crippen LogP contribution in [0.4, 0.5) is 0 Å². The summed E-state index contributed by atoms with van der Waals surface area (Å²) >= 11 is 0. The van der Waals surface area contributed by atoms with E-state index in [-0.39, 0.29) is 17.1 Å². The minimum atomic E-state index is -0.123. The predicted molar refractivity (Wildman–Crippen MR) is 69.2 cm³/mol. The fourth-order valence-corrected chi connectivity index (χ4v) is 2.64. The molecule has 88 valence electrons. The van der Waals surface area contributed by atoms with Crippen LogP contribution >= 0.6 is 0 Å². The lowest BCUT2D eigenvalue weighted by atomic mass is 9.63. The van der Waals surface area contributed by atoms with Crippen LogP contribution in [0.15, 0.2) is 36.0 Å². The number of rotatable bonds is 2. The Bertz CT molecular complexity index is 369. The summed E-state index contributed by atoms with van der Waals surface area (Å²) in [5, 5.41) is 0. The van der Waals surface area contributed by atoms with Crippen molar-refractivity contribution in [2.24, 2.45) is 11.3 Å². The zero-order valence-electron chi connectivity index (χ0n) is 10.9. The van der Waals surface area contributed by atoms with Gasteiger partial charge in [-0.2, -0.15) is 0 Å². The number of hydrogen-bond donors (Lipinski definition) is 0. The third-order valence-corrected chi connectivity index (χ3v) is 3.70. The average molecular weight is 218 g/mol. The molecule has 1 heteroatoms. The van der Waals surface area contributed by atoms with E-state index in [1.807, 2.05) is 26.8 Å². The quantitative estimate of drug-likeness (QED) is 0.504. The molecule has 1 aliphatic carbocycles. The first-order valence-corrected chi connectivity index (χ1v) is 5.83. The molecule has 0 aromatic heterocycles. The van der Waals surface area contributed by atoms with Crippen LogP contribution in [-0.4, -0.2) is 5.78 Å². The van der Waals surface area contributed by atoms with Crippen molar-refractivity contribution >= 4 is 5.78 Å². The van der Waals surface area contributed by atoms with E-state index in [0.29, 0.717) is 0 Å². The highest BCUT2D eigenvalue weighted by Gasteiger charge is 2.42. The largest absolute Gasteiger partial charge is 0.294 e. The van der Waals surface area contributed by atoms with Crippen LogP contribution in [0.3, 0.4) is 0 Å². The first-order valence-electron chi connectivity index (χ1n) is 5.83. The van der Waals surface area contributed by atoms with E-state index >= 15 is 0 Å². The Morgan fingerprint density at radius 3 is 2.38 bits per heavy atom. The Kier molecular flexibility index (Phi) is 3.57. The standard InChI is InChI=1S/C15H22O/c1-7-15(6)9-8-12(10(2)3)14(16)13(15)11(4)5/h7,13H,1,4,8-9H2,2-3,5-6H3/t13-,15+/m0/s1. The number of allylic oxidation sites excluding steroid dienone is 4. The Hall–Kier alpha value is -1.11. The summed E-state index contributed by atoms with van der Waals surface area (Å²) in [6, 6.07) is 0. The molecule has 0 aromatic rings. The summed E-state index contributed by atoms with van der Waals surface area (Å²) in [6.07, 6.45) is 3.78. The van der Waals surface area contributed by atoms with Gasteiger partial charge in [0, 0.05) is 0 Å². The minimum Gasteiger partial charge on any atom is -0.294 e. The fourth-order valence-electron chi connectivity index (χ4n) is 2.64.